The van der Waals surface area contributed by atoms with Crippen LogP contribution in [0.2, 0.25) is 0 Å². The number of hydrogen-bond acceptors (Lipinski definition) is 3. The SMILES string of the molecule is CC(C)N1C(N)=NCC12CCCCc1ccccc12. The Hall–Kier alpha value is -1.51. The number of aryl methyl sites for hydroxylation is 1. The highest BCUT2D eigenvalue weighted by atomic mass is 15.4. The molecule has 19 heavy (non-hydrogen) atoms. The summed E-state index contributed by atoms with van der Waals surface area (Å²) in [6.07, 6.45) is 4.86. The lowest BCUT2D eigenvalue weighted by atomic mass is 9.83. The molecule has 0 fully saturated rings. The number of guanidine groups is 1. The van der Waals surface area contributed by atoms with E-state index in [9.17, 15) is 0 Å². The lowest BCUT2D eigenvalue weighted by molar-refractivity contribution is 0.151. The van der Waals surface area contributed by atoms with Crippen molar-refractivity contribution in [3.05, 3.63) is 35.4 Å². The summed E-state index contributed by atoms with van der Waals surface area (Å²) >= 11 is 0. The fourth-order valence-electron chi connectivity index (χ4n) is 3.82. The number of hydrogen-bond donors (Lipinski definition) is 1. The fourth-order valence-corrected chi connectivity index (χ4v) is 3.82. The highest BCUT2D eigenvalue weighted by molar-refractivity contribution is 5.81. The number of aliphatic imine (C=N–C) groups is 1. The molecule has 1 atom stereocenters. The van der Waals surface area contributed by atoms with Crippen LogP contribution in [0.5, 0.6) is 0 Å². The van der Waals surface area contributed by atoms with Crippen LogP contribution in [0.25, 0.3) is 0 Å². The molecule has 2 N–H and O–H groups in total. The van der Waals surface area contributed by atoms with Gasteiger partial charge in [0.2, 0.25) is 0 Å². The molecule has 1 heterocycles. The minimum atomic E-state index is 0.00530. The molecule has 3 rings (SSSR count). The Labute approximate surface area is 115 Å². The topological polar surface area (TPSA) is 41.6 Å². The Morgan fingerprint density at radius 2 is 2.05 bits per heavy atom. The van der Waals surface area contributed by atoms with Crippen LogP contribution >= 0.6 is 0 Å². The van der Waals surface area contributed by atoms with Crippen molar-refractivity contribution < 1.29 is 0 Å². The molecule has 2 aliphatic rings. The average Bonchev–Trinajstić information content (AvgIpc) is 2.62. The monoisotopic (exact) mass is 257 g/mol. The molecule has 1 aliphatic heterocycles. The molecule has 1 unspecified atom stereocenters. The standard InChI is InChI=1S/C16H23N3/c1-12(2)19-15(17)18-11-16(19)10-6-5-8-13-7-3-4-9-14(13)16/h3-4,7,9,12H,5-6,8,10-11H2,1-2H3,(H2,17,18). The molecule has 0 amide bonds. The Balaban J connectivity index is 2.13. The molecule has 1 aromatic rings. The number of nitrogens with zero attached hydrogens (tertiary/aromatic N) is 2. The van der Waals surface area contributed by atoms with Crippen molar-refractivity contribution in [2.75, 3.05) is 6.54 Å². The molecular weight excluding hydrogens is 234 g/mol. The second-order valence-electron chi connectivity index (χ2n) is 6.03. The Bertz CT molecular complexity index is 506. The summed E-state index contributed by atoms with van der Waals surface area (Å²) in [5.74, 6) is 0.715. The van der Waals surface area contributed by atoms with E-state index < -0.39 is 0 Å². The van der Waals surface area contributed by atoms with Gasteiger partial charge in [0, 0.05) is 6.04 Å². The van der Waals surface area contributed by atoms with Gasteiger partial charge in [0.15, 0.2) is 5.96 Å². The molecule has 1 spiro atoms. The van der Waals surface area contributed by atoms with Crippen molar-refractivity contribution >= 4 is 5.96 Å². The first-order valence-corrected chi connectivity index (χ1v) is 7.33. The predicted octanol–water partition coefficient (Wildman–Crippen LogP) is 2.65. The average molecular weight is 257 g/mol. The fraction of sp³-hybridized carbons (Fsp3) is 0.562. The van der Waals surface area contributed by atoms with Gasteiger partial charge in [-0.3, -0.25) is 4.99 Å². The van der Waals surface area contributed by atoms with Gasteiger partial charge in [-0.1, -0.05) is 30.7 Å². The van der Waals surface area contributed by atoms with Crippen molar-refractivity contribution in [2.45, 2.75) is 51.1 Å². The maximum Gasteiger partial charge on any atom is 0.192 e. The van der Waals surface area contributed by atoms with Crippen LogP contribution in [0.3, 0.4) is 0 Å². The van der Waals surface area contributed by atoms with Crippen LogP contribution in [-0.2, 0) is 12.0 Å². The van der Waals surface area contributed by atoms with Crippen LogP contribution in [0.4, 0.5) is 0 Å². The first-order valence-electron chi connectivity index (χ1n) is 7.33. The normalized spacial score (nSPS) is 26.5. The molecule has 0 aromatic heterocycles. The number of fused-ring (bicyclic) bond motifs is 2. The zero-order valence-corrected chi connectivity index (χ0v) is 11.9. The summed E-state index contributed by atoms with van der Waals surface area (Å²) in [5.41, 5.74) is 9.11. The van der Waals surface area contributed by atoms with E-state index in [1.54, 1.807) is 0 Å². The predicted molar refractivity (Wildman–Crippen MR) is 79.1 cm³/mol. The maximum atomic E-state index is 6.17. The van der Waals surface area contributed by atoms with Crippen LogP contribution in [0, 0.1) is 0 Å². The zero-order valence-electron chi connectivity index (χ0n) is 11.9. The van der Waals surface area contributed by atoms with Gasteiger partial charge in [0.05, 0.1) is 12.1 Å². The van der Waals surface area contributed by atoms with Crippen LogP contribution < -0.4 is 5.73 Å². The van der Waals surface area contributed by atoms with E-state index in [1.807, 2.05) is 0 Å². The van der Waals surface area contributed by atoms with Gasteiger partial charge in [-0.05, 0) is 44.2 Å². The third-order valence-corrected chi connectivity index (χ3v) is 4.53. The van der Waals surface area contributed by atoms with E-state index >= 15 is 0 Å². The Morgan fingerprint density at radius 3 is 2.84 bits per heavy atom. The largest absolute Gasteiger partial charge is 0.370 e. The summed E-state index contributed by atoms with van der Waals surface area (Å²) in [7, 11) is 0. The second-order valence-corrected chi connectivity index (χ2v) is 6.03. The molecule has 1 aliphatic carbocycles. The van der Waals surface area contributed by atoms with Gasteiger partial charge in [-0.15, -0.1) is 0 Å². The maximum absolute atomic E-state index is 6.17. The second kappa shape index (κ2) is 4.55. The lowest BCUT2D eigenvalue weighted by Gasteiger charge is -2.42. The molecule has 3 nitrogen and oxygen atoms in total. The van der Waals surface area contributed by atoms with E-state index in [2.05, 4.69) is 48.0 Å². The van der Waals surface area contributed by atoms with Gasteiger partial charge in [-0.25, -0.2) is 0 Å². The molecular formula is C16H23N3. The smallest absolute Gasteiger partial charge is 0.192 e. The molecule has 1 aromatic carbocycles. The van der Waals surface area contributed by atoms with Crippen LogP contribution in [0.15, 0.2) is 29.3 Å². The summed E-state index contributed by atoms with van der Waals surface area (Å²) < 4.78 is 0. The molecule has 0 saturated carbocycles. The summed E-state index contributed by atoms with van der Waals surface area (Å²) in [4.78, 5) is 6.92. The van der Waals surface area contributed by atoms with E-state index in [4.69, 9.17) is 5.73 Å². The minimum Gasteiger partial charge on any atom is -0.370 e. The number of rotatable bonds is 1. The van der Waals surface area contributed by atoms with Gasteiger partial charge in [0.25, 0.3) is 0 Å². The first kappa shape index (κ1) is 12.5. The van der Waals surface area contributed by atoms with Crippen LogP contribution in [0.1, 0.15) is 44.2 Å². The zero-order chi connectivity index (χ0) is 13.5. The molecule has 0 radical (unpaired) electrons. The third kappa shape index (κ3) is 1.83. The van der Waals surface area contributed by atoms with E-state index in [-0.39, 0.29) is 5.54 Å². The van der Waals surface area contributed by atoms with E-state index in [1.165, 1.54) is 30.4 Å². The minimum absolute atomic E-state index is 0.00530. The summed E-state index contributed by atoms with van der Waals surface area (Å²) in [5, 5.41) is 0. The van der Waals surface area contributed by atoms with E-state index in [0.717, 1.165) is 13.0 Å². The number of nitrogens with two attached hydrogens (primary N) is 1. The Morgan fingerprint density at radius 1 is 1.26 bits per heavy atom. The summed E-state index contributed by atoms with van der Waals surface area (Å²) in [6.45, 7) is 5.24. The highest BCUT2D eigenvalue weighted by Crippen LogP contribution is 2.42. The van der Waals surface area contributed by atoms with Crippen molar-refractivity contribution in [1.82, 2.24) is 4.90 Å². The van der Waals surface area contributed by atoms with Crippen LogP contribution in [-0.4, -0.2) is 23.4 Å². The van der Waals surface area contributed by atoms with Gasteiger partial charge < -0.3 is 10.6 Å². The van der Waals surface area contributed by atoms with Gasteiger partial charge in [0.1, 0.15) is 0 Å². The quantitative estimate of drug-likeness (QED) is 0.840. The molecule has 0 saturated heterocycles. The van der Waals surface area contributed by atoms with Gasteiger partial charge >= 0.3 is 0 Å². The van der Waals surface area contributed by atoms with Crippen molar-refractivity contribution in [1.29, 1.82) is 0 Å². The van der Waals surface area contributed by atoms with Crippen molar-refractivity contribution in [3.8, 4) is 0 Å². The van der Waals surface area contributed by atoms with E-state index in [0.29, 0.717) is 12.0 Å². The molecule has 102 valence electrons. The number of benzene rings is 1. The van der Waals surface area contributed by atoms with Crippen molar-refractivity contribution in [2.24, 2.45) is 10.7 Å². The third-order valence-electron chi connectivity index (χ3n) is 4.53. The van der Waals surface area contributed by atoms with Gasteiger partial charge in [-0.2, -0.15) is 0 Å². The lowest BCUT2D eigenvalue weighted by Crippen LogP contribution is -2.52. The summed E-state index contributed by atoms with van der Waals surface area (Å²) in [6, 6.07) is 9.24. The Kier molecular flexibility index (Phi) is 3.00. The molecule has 0 bridgehead atoms. The van der Waals surface area contributed by atoms with Crippen molar-refractivity contribution in [3.63, 3.8) is 0 Å². The molecule has 3 heteroatoms. The highest BCUT2D eigenvalue weighted by Gasteiger charge is 2.46. The first-order chi connectivity index (χ1) is 9.15.